The predicted octanol–water partition coefficient (Wildman–Crippen LogP) is 2.93. The van der Waals surface area contributed by atoms with E-state index in [1.54, 1.807) is 42.5 Å². The van der Waals surface area contributed by atoms with Gasteiger partial charge < -0.3 is 21.3 Å². The average Bonchev–Trinajstić information content (AvgIpc) is 3.41. The van der Waals surface area contributed by atoms with Gasteiger partial charge in [0.15, 0.2) is 0 Å². The Morgan fingerprint density at radius 1 is 0.968 bits per heavy atom. The summed E-state index contributed by atoms with van der Waals surface area (Å²) in [5.41, 5.74) is 8.62. The number of carbonyl (C=O) groups is 3. The standard InChI is InChI=1S/C24H26N4O3/c25-23(30)18-8-11-21(28-13-1-2-14-28)20(15-18)27-22(29)12-5-16-3-6-17(7-4-16)24(31)26-19-9-10-19/h3-8,11-12,15,19H,1-2,9-10,13-14H2,(H2,25,30)(H,26,31)(H,27,29)/b12-5+. The van der Waals surface area contributed by atoms with Crippen LogP contribution in [0.5, 0.6) is 0 Å². The molecule has 1 saturated carbocycles. The molecule has 2 aromatic carbocycles. The van der Waals surface area contributed by atoms with Crippen molar-refractivity contribution in [2.24, 2.45) is 5.73 Å². The third-order valence-corrected chi connectivity index (χ3v) is 5.50. The summed E-state index contributed by atoms with van der Waals surface area (Å²) in [6, 6.07) is 12.5. The average molecular weight is 418 g/mol. The van der Waals surface area contributed by atoms with Gasteiger partial charge in [0.2, 0.25) is 11.8 Å². The number of rotatable bonds is 7. The Morgan fingerprint density at radius 3 is 2.29 bits per heavy atom. The van der Waals surface area contributed by atoms with E-state index in [1.807, 2.05) is 6.07 Å². The molecule has 3 amide bonds. The van der Waals surface area contributed by atoms with Crippen molar-refractivity contribution in [2.45, 2.75) is 31.7 Å². The van der Waals surface area contributed by atoms with Crippen LogP contribution in [0, 0.1) is 0 Å². The molecule has 2 fully saturated rings. The molecule has 7 heteroatoms. The van der Waals surface area contributed by atoms with Crippen molar-refractivity contribution in [3.63, 3.8) is 0 Å². The Morgan fingerprint density at radius 2 is 1.65 bits per heavy atom. The van der Waals surface area contributed by atoms with Crippen LogP contribution < -0.4 is 21.3 Å². The summed E-state index contributed by atoms with van der Waals surface area (Å²) in [6.07, 6.45) is 7.40. The quantitative estimate of drug-likeness (QED) is 0.601. The molecule has 7 nitrogen and oxygen atoms in total. The first kappa shape index (κ1) is 20.7. The number of hydrogen-bond donors (Lipinski definition) is 3. The highest BCUT2D eigenvalue weighted by atomic mass is 16.2. The number of amides is 3. The summed E-state index contributed by atoms with van der Waals surface area (Å²) in [7, 11) is 0. The summed E-state index contributed by atoms with van der Waals surface area (Å²) in [5, 5.41) is 5.82. The van der Waals surface area contributed by atoms with Gasteiger partial charge >= 0.3 is 0 Å². The van der Waals surface area contributed by atoms with E-state index < -0.39 is 5.91 Å². The number of benzene rings is 2. The molecule has 0 radical (unpaired) electrons. The lowest BCUT2D eigenvalue weighted by Gasteiger charge is -2.21. The molecule has 31 heavy (non-hydrogen) atoms. The second-order valence-corrected chi connectivity index (χ2v) is 7.98. The summed E-state index contributed by atoms with van der Waals surface area (Å²) >= 11 is 0. The highest BCUT2D eigenvalue weighted by molar-refractivity contribution is 6.05. The SMILES string of the molecule is NC(=O)c1ccc(N2CCCC2)c(NC(=O)/C=C/c2ccc(C(=O)NC3CC3)cc2)c1. The molecule has 0 spiro atoms. The zero-order valence-corrected chi connectivity index (χ0v) is 17.3. The summed E-state index contributed by atoms with van der Waals surface area (Å²) < 4.78 is 0. The minimum atomic E-state index is -0.537. The summed E-state index contributed by atoms with van der Waals surface area (Å²) in [5.74, 6) is -0.915. The minimum absolute atomic E-state index is 0.0699. The summed E-state index contributed by atoms with van der Waals surface area (Å²) in [4.78, 5) is 38.4. The molecule has 1 aliphatic carbocycles. The van der Waals surface area contributed by atoms with E-state index in [1.165, 1.54) is 6.08 Å². The van der Waals surface area contributed by atoms with Gasteiger partial charge in [-0.3, -0.25) is 14.4 Å². The number of anilines is 2. The minimum Gasteiger partial charge on any atom is -0.370 e. The van der Waals surface area contributed by atoms with Gasteiger partial charge in [-0.2, -0.15) is 0 Å². The predicted molar refractivity (Wildman–Crippen MR) is 121 cm³/mol. The lowest BCUT2D eigenvalue weighted by molar-refractivity contribution is -0.111. The van der Waals surface area contributed by atoms with Crippen molar-refractivity contribution in [3.05, 3.63) is 65.2 Å². The van der Waals surface area contributed by atoms with Crippen LogP contribution in [0.4, 0.5) is 11.4 Å². The van der Waals surface area contributed by atoms with Crippen LogP contribution in [0.25, 0.3) is 6.08 Å². The van der Waals surface area contributed by atoms with Gasteiger partial charge in [0.25, 0.3) is 5.91 Å². The van der Waals surface area contributed by atoms with Crippen LogP contribution in [0.2, 0.25) is 0 Å². The van der Waals surface area contributed by atoms with Gasteiger partial charge in [0.1, 0.15) is 0 Å². The first-order chi connectivity index (χ1) is 15.0. The molecular formula is C24H26N4O3. The normalized spacial score (nSPS) is 15.8. The monoisotopic (exact) mass is 418 g/mol. The lowest BCUT2D eigenvalue weighted by Crippen LogP contribution is -2.25. The molecule has 0 bridgehead atoms. The zero-order chi connectivity index (χ0) is 21.8. The maximum absolute atomic E-state index is 12.5. The Hall–Kier alpha value is -3.61. The van der Waals surface area contributed by atoms with Gasteiger partial charge in [0.05, 0.1) is 11.4 Å². The second kappa shape index (κ2) is 9.04. The molecule has 0 aromatic heterocycles. The molecular weight excluding hydrogens is 392 g/mol. The van der Waals surface area contributed by atoms with Crippen molar-refractivity contribution in [3.8, 4) is 0 Å². The smallest absolute Gasteiger partial charge is 0.251 e. The number of hydrogen-bond acceptors (Lipinski definition) is 4. The number of carbonyl (C=O) groups excluding carboxylic acids is 3. The number of nitrogens with zero attached hydrogens (tertiary/aromatic N) is 1. The van der Waals surface area contributed by atoms with Crippen LogP contribution in [0.3, 0.4) is 0 Å². The molecule has 0 atom stereocenters. The molecule has 160 valence electrons. The van der Waals surface area contributed by atoms with Crippen molar-refractivity contribution in [1.29, 1.82) is 0 Å². The van der Waals surface area contributed by atoms with Crippen LogP contribution in [-0.2, 0) is 4.79 Å². The van der Waals surface area contributed by atoms with Gasteiger partial charge in [-0.05, 0) is 67.7 Å². The number of primary amides is 1. The van der Waals surface area contributed by atoms with Gasteiger partial charge in [0, 0.05) is 36.3 Å². The fourth-order valence-electron chi connectivity index (χ4n) is 3.61. The van der Waals surface area contributed by atoms with Gasteiger partial charge in [-0.25, -0.2) is 0 Å². The molecule has 1 saturated heterocycles. The van der Waals surface area contributed by atoms with Crippen LogP contribution in [0.15, 0.2) is 48.5 Å². The molecule has 0 unspecified atom stereocenters. The van der Waals surface area contributed by atoms with Gasteiger partial charge in [-0.15, -0.1) is 0 Å². The first-order valence-electron chi connectivity index (χ1n) is 10.6. The topological polar surface area (TPSA) is 105 Å². The first-order valence-corrected chi connectivity index (χ1v) is 10.6. The highest BCUT2D eigenvalue weighted by Gasteiger charge is 2.23. The third kappa shape index (κ3) is 5.31. The van der Waals surface area contributed by atoms with Crippen molar-refractivity contribution in [2.75, 3.05) is 23.3 Å². The van der Waals surface area contributed by atoms with Crippen molar-refractivity contribution in [1.82, 2.24) is 5.32 Å². The molecule has 4 N–H and O–H groups in total. The second-order valence-electron chi connectivity index (χ2n) is 7.98. The Bertz CT molecular complexity index is 1020. The van der Waals surface area contributed by atoms with E-state index in [9.17, 15) is 14.4 Å². The largest absolute Gasteiger partial charge is 0.370 e. The van der Waals surface area contributed by atoms with Crippen molar-refractivity contribution >= 4 is 35.2 Å². The van der Waals surface area contributed by atoms with E-state index in [0.717, 1.165) is 50.0 Å². The van der Waals surface area contributed by atoms with E-state index in [-0.39, 0.29) is 11.8 Å². The Balaban J connectivity index is 1.43. The molecule has 1 aliphatic heterocycles. The zero-order valence-electron chi connectivity index (χ0n) is 17.3. The fourth-order valence-corrected chi connectivity index (χ4v) is 3.61. The fraction of sp³-hybridized carbons (Fsp3) is 0.292. The molecule has 2 aromatic rings. The van der Waals surface area contributed by atoms with Gasteiger partial charge in [-0.1, -0.05) is 12.1 Å². The third-order valence-electron chi connectivity index (χ3n) is 5.50. The maximum atomic E-state index is 12.5. The van der Waals surface area contributed by atoms with Crippen LogP contribution >= 0.6 is 0 Å². The van der Waals surface area contributed by atoms with Crippen LogP contribution in [0.1, 0.15) is 52.0 Å². The Kier molecular flexibility index (Phi) is 6.02. The lowest BCUT2D eigenvalue weighted by atomic mass is 10.1. The Labute approximate surface area is 181 Å². The summed E-state index contributed by atoms with van der Waals surface area (Å²) in [6.45, 7) is 1.82. The van der Waals surface area contributed by atoms with E-state index in [0.29, 0.717) is 22.9 Å². The molecule has 1 heterocycles. The van der Waals surface area contributed by atoms with E-state index >= 15 is 0 Å². The van der Waals surface area contributed by atoms with Crippen LogP contribution in [-0.4, -0.2) is 36.9 Å². The number of nitrogens with two attached hydrogens (primary N) is 1. The van der Waals surface area contributed by atoms with Crippen molar-refractivity contribution < 1.29 is 14.4 Å². The molecule has 2 aliphatic rings. The maximum Gasteiger partial charge on any atom is 0.251 e. The van der Waals surface area contributed by atoms with E-state index in [4.69, 9.17) is 5.73 Å². The highest BCUT2D eigenvalue weighted by Crippen LogP contribution is 2.30. The molecule has 4 rings (SSSR count). The van der Waals surface area contributed by atoms with E-state index in [2.05, 4.69) is 15.5 Å². The number of nitrogens with one attached hydrogen (secondary N) is 2.